The first-order valence-electron chi connectivity index (χ1n) is 6.96. The molecular weight excluding hydrogens is 360 g/mol. The number of hydrogen-bond acceptors (Lipinski definition) is 4. The van der Waals surface area contributed by atoms with Gasteiger partial charge in [-0.3, -0.25) is 0 Å². The summed E-state index contributed by atoms with van der Waals surface area (Å²) in [6.07, 6.45) is 5.28. The van der Waals surface area contributed by atoms with E-state index in [-0.39, 0.29) is 6.04 Å². The molecule has 1 saturated carbocycles. The molecule has 0 radical (unpaired) electrons. The van der Waals surface area contributed by atoms with Gasteiger partial charge >= 0.3 is 0 Å². The third kappa shape index (κ3) is 3.82. The molecule has 1 heterocycles. The van der Waals surface area contributed by atoms with Crippen molar-refractivity contribution in [2.45, 2.75) is 56.5 Å². The van der Waals surface area contributed by atoms with E-state index >= 15 is 0 Å². The molecule has 1 aromatic heterocycles. The van der Waals surface area contributed by atoms with Crippen molar-refractivity contribution in [1.82, 2.24) is 4.72 Å². The topological polar surface area (TPSA) is 72.2 Å². The second-order valence-electron chi connectivity index (χ2n) is 5.30. The van der Waals surface area contributed by atoms with Crippen LogP contribution in [-0.4, -0.2) is 14.5 Å². The third-order valence-electron chi connectivity index (χ3n) is 3.94. The molecule has 1 aliphatic rings. The molecule has 20 heavy (non-hydrogen) atoms. The zero-order valence-electron chi connectivity index (χ0n) is 11.6. The molecule has 0 amide bonds. The molecule has 0 unspecified atom stereocenters. The number of rotatable bonds is 5. The molecule has 0 bridgehead atoms. The first-order chi connectivity index (χ1) is 9.46. The minimum Gasteiger partial charge on any atom is -0.326 e. The SMILES string of the molecule is CCC1CCC(NS(=O)(=O)c2cc(CN)sc2Br)CC1. The minimum absolute atomic E-state index is 0.0657. The Bertz CT molecular complexity index is 549. The fraction of sp³-hybridized carbons (Fsp3) is 0.692. The van der Waals surface area contributed by atoms with Crippen LogP contribution in [0.15, 0.2) is 14.7 Å². The average Bonchev–Trinajstić information content (AvgIpc) is 2.81. The highest BCUT2D eigenvalue weighted by Crippen LogP contribution is 2.33. The molecule has 0 saturated heterocycles. The van der Waals surface area contributed by atoms with Gasteiger partial charge in [-0.05, 0) is 53.6 Å². The van der Waals surface area contributed by atoms with E-state index in [1.165, 1.54) is 17.8 Å². The Morgan fingerprint density at radius 1 is 1.40 bits per heavy atom. The maximum absolute atomic E-state index is 12.4. The van der Waals surface area contributed by atoms with Crippen LogP contribution in [0.3, 0.4) is 0 Å². The standard InChI is InChI=1S/C13H21BrN2O2S2/c1-2-9-3-5-10(6-4-9)16-20(17,18)12-7-11(8-15)19-13(12)14/h7,9-10,16H,2-6,8,15H2,1H3. The second-order valence-corrected chi connectivity index (χ2v) is 9.44. The Labute approximate surface area is 133 Å². The van der Waals surface area contributed by atoms with Crippen LogP contribution in [0.1, 0.15) is 43.9 Å². The van der Waals surface area contributed by atoms with Crippen molar-refractivity contribution in [2.24, 2.45) is 11.7 Å². The molecule has 4 nitrogen and oxygen atoms in total. The first-order valence-corrected chi connectivity index (χ1v) is 10.1. The van der Waals surface area contributed by atoms with Gasteiger partial charge < -0.3 is 5.73 Å². The maximum atomic E-state index is 12.4. The quantitative estimate of drug-likeness (QED) is 0.823. The maximum Gasteiger partial charge on any atom is 0.242 e. The zero-order chi connectivity index (χ0) is 14.8. The van der Waals surface area contributed by atoms with Gasteiger partial charge in [-0.2, -0.15) is 0 Å². The van der Waals surface area contributed by atoms with Crippen LogP contribution >= 0.6 is 27.3 Å². The lowest BCUT2D eigenvalue weighted by molar-refractivity contribution is 0.306. The van der Waals surface area contributed by atoms with E-state index in [2.05, 4.69) is 27.6 Å². The molecular formula is C13H21BrN2O2S2. The Kier molecular flexibility index (Phi) is 5.64. The minimum atomic E-state index is -3.45. The smallest absolute Gasteiger partial charge is 0.242 e. The van der Waals surface area contributed by atoms with E-state index in [0.717, 1.165) is 36.5 Å². The molecule has 0 aromatic carbocycles. The fourth-order valence-corrected chi connectivity index (χ4v) is 6.52. The molecule has 0 aliphatic heterocycles. The summed E-state index contributed by atoms with van der Waals surface area (Å²) < 4.78 is 28.3. The fourth-order valence-electron chi connectivity index (χ4n) is 2.65. The van der Waals surface area contributed by atoms with Crippen molar-refractivity contribution in [3.8, 4) is 0 Å². The Balaban J connectivity index is 2.06. The van der Waals surface area contributed by atoms with Crippen LogP contribution in [0.4, 0.5) is 0 Å². The molecule has 0 atom stereocenters. The van der Waals surface area contributed by atoms with Crippen LogP contribution in [0.25, 0.3) is 0 Å². The molecule has 7 heteroatoms. The summed E-state index contributed by atoms with van der Waals surface area (Å²) in [4.78, 5) is 1.19. The molecule has 2 rings (SSSR count). The molecule has 1 fully saturated rings. The van der Waals surface area contributed by atoms with Crippen molar-refractivity contribution >= 4 is 37.3 Å². The number of sulfonamides is 1. The Morgan fingerprint density at radius 3 is 2.55 bits per heavy atom. The molecule has 114 valence electrons. The van der Waals surface area contributed by atoms with Crippen molar-refractivity contribution in [1.29, 1.82) is 0 Å². The number of halogens is 1. The van der Waals surface area contributed by atoms with Crippen LogP contribution in [0.2, 0.25) is 0 Å². The van der Waals surface area contributed by atoms with E-state index in [9.17, 15) is 8.42 Å². The molecule has 1 aliphatic carbocycles. The number of nitrogens with two attached hydrogens (primary N) is 1. The predicted octanol–water partition coefficient (Wildman–Crippen LogP) is 3.22. The van der Waals surface area contributed by atoms with Crippen LogP contribution in [0.5, 0.6) is 0 Å². The van der Waals surface area contributed by atoms with Crippen molar-refractivity contribution < 1.29 is 8.42 Å². The lowest BCUT2D eigenvalue weighted by atomic mass is 9.85. The third-order valence-corrected chi connectivity index (χ3v) is 7.74. The summed E-state index contributed by atoms with van der Waals surface area (Å²) in [5.74, 6) is 0.757. The summed E-state index contributed by atoms with van der Waals surface area (Å²) in [6, 6.07) is 1.73. The molecule has 3 N–H and O–H groups in total. The Hall–Kier alpha value is 0.0500. The van der Waals surface area contributed by atoms with Crippen LogP contribution in [0, 0.1) is 5.92 Å². The Morgan fingerprint density at radius 2 is 2.05 bits per heavy atom. The van der Waals surface area contributed by atoms with Crippen molar-refractivity contribution in [3.63, 3.8) is 0 Å². The van der Waals surface area contributed by atoms with E-state index in [4.69, 9.17) is 5.73 Å². The monoisotopic (exact) mass is 380 g/mol. The average molecular weight is 381 g/mol. The highest BCUT2D eigenvalue weighted by molar-refractivity contribution is 9.11. The van der Waals surface area contributed by atoms with Crippen LogP contribution in [-0.2, 0) is 16.6 Å². The van der Waals surface area contributed by atoms with Gasteiger partial charge in [-0.15, -0.1) is 11.3 Å². The zero-order valence-corrected chi connectivity index (χ0v) is 14.8. The summed E-state index contributed by atoms with van der Waals surface area (Å²) in [5, 5.41) is 0. The lowest BCUT2D eigenvalue weighted by Gasteiger charge is -2.28. The van der Waals surface area contributed by atoms with E-state index in [1.54, 1.807) is 6.07 Å². The van der Waals surface area contributed by atoms with Gasteiger partial charge in [-0.25, -0.2) is 13.1 Å². The van der Waals surface area contributed by atoms with E-state index < -0.39 is 10.0 Å². The summed E-state index contributed by atoms with van der Waals surface area (Å²) in [5.41, 5.74) is 5.56. The van der Waals surface area contributed by atoms with E-state index in [0.29, 0.717) is 15.2 Å². The number of hydrogen-bond donors (Lipinski definition) is 2. The van der Waals surface area contributed by atoms with Gasteiger partial charge in [-0.1, -0.05) is 13.3 Å². The first kappa shape index (κ1) is 16.4. The van der Waals surface area contributed by atoms with Gasteiger partial charge in [0.1, 0.15) is 4.90 Å². The second kappa shape index (κ2) is 6.87. The predicted molar refractivity (Wildman–Crippen MR) is 86.3 cm³/mol. The number of thiophene rings is 1. The lowest BCUT2D eigenvalue weighted by Crippen LogP contribution is -2.37. The van der Waals surface area contributed by atoms with Gasteiger partial charge in [0, 0.05) is 17.5 Å². The van der Waals surface area contributed by atoms with Gasteiger partial charge in [0.15, 0.2) is 0 Å². The van der Waals surface area contributed by atoms with Crippen LogP contribution < -0.4 is 10.5 Å². The molecule has 1 aromatic rings. The van der Waals surface area contributed by atoms with Gasteiger partial charge in [0.2, 0.25) is 10.0 Å². The molecule has 0 spiro atoms. The van der Waals surface area contributed by atoms with Gasteiger partial charge in [0.25, 0.3) is 0 Å². The van der Waals surface area contributed by atoms with E-state index in [1.807, 2.05) is 0 Å². The van der Waals surface area contributed by atoms with Crippen molar-refractivity contribution in [2.75, 3.05) is 0 Å². The highest BCUT2D eigenvalue weighted by Gasteiger charge is 2.27. The highest BCUT2D eigenvalue weighted by atomic mass is 79.9. The summed E-state index contributed by atoms with van der Waals surface area (Å²) >= 11 is 4.70. The normalized spacial score (nSPS) is 23.9. The van der Waals surface area contributed by atoms with Crippen molar-refractivity contribution in [3.05, 3.63) is 14.7 Å². The number of nitrogens with one attached hydrogen (secondary N) is 1. The van der Waals surface area contributed by atoms with Gasteiger partial charge in [0.05, 0.1) is 3.79 Å². The largest absolute Gasteiger partial charge is 0.326 e. The summed E-state index contributed by atoms with van der Waals surface area (Å²) in [7, 11) is -3.45. The summed E-state index contributed by atoms with van der Waals surface area (Å²) in [6.45, 7) is 2.56.